The van der Waals surface area contributed by atoms with Crippen LogP contribution in [0.1, 0.15) is 16.6 Å². The molecule has 1 aromatic carbocycles. The van der Waals surface area contributed by atoms with Gasteiger partial charge in [0.05, 0.1) is 18.2 Å². The molecule has 2 aromatic heterocycles. The second kappa shape index (κ2) is 6.94. The fourth-order valence-corrected chi connectivity index (χ4v) is 3.67. The number of thiocarbonyl (C=S) groups is 1. The fourth-order valence-electron chi connectivity index (χ4n) is 3.45. The first kappa shape index (κ1) is 17.8. The van der Waals surface area contributed by atoms with Gasteiger partial charge >= 0.3 is 11.2 Å². The summed E-state index contributed by atoms with van der Waals surface area (Å²) in [6, 6.07) is 8.63. The third-order valence-corrected chi connectivity index (χ3v) is 4.97. The van der Waals surface area contributed by atoms with Crippen LogP contribution in [0, 0.1) is 0 Å². The van der Waals surface area contributed by atoms with Crippen LogP contribution >= 0.6 is 12.2 Å². The summed E-state index contributed by atoms with van der Waals surface area (Å²) in [5.41, 5.74) is 0.575. The lowest BCUT2D eigenvalue weighted by Crippen LogP contribution is -2.32. The lowest BCUT2D eigenvalue weighted by molar-refractivity contribution is -0.0648. The van der Waals surface area contributed by atoms with Gasteiger partial charge in [0, 0.05) is 12.2 Å². The Hall–Kier alpha value is -3.31. The minimum atomic E-state index is -0.708. The van der Waals surface area contributed by atoms with Crippen LogP contribution in [-0.4, -0.2) is 55.6 Å². The van der Waals surface area contributed by atoms with Gasteiger partial charge in [-0.15, -0.1) is 0 Å². The van der Waals surface area contributed by atoms with E-state index >= 15 is 0 Å². The van der Waals surface area contributed by atoms with Crippen molar-refractivity contribution in [3.63, 3.8) is 0 Å². The van der Waals surface area contributed by atoms with E-state index in [1.165, 1.54) is 12.7 Å². The molecular formula is C18H14N4O6S. The minimum absolute atomic E-state index is 0.0112. The van der Waals surface area contributed by atoms with Crippen LogP contribution in [0.2, 0.25) is 0 Å². The molecule has 0 unspecified atom stereocenters. The molecule has 10 nitrogen and oxygen atoms in total. The highest BCUT2D eigenvalue weighted by Gasteiger charge is 2.54. The summed E-state index contributed by atoms with van der Waals surface area (Å²) in [5, 5.41) is -0.0112. The van der Waals surface area contributed by atoms with E-state index in [0.29, 0.717) is 11.2 Å². The topological polar surface area (TPSA) is 118 Å². The molecule has 1 N–H and O–H groups in total. The van der Waals surface area contributed by atoms with Gasteiger partial charge < -0.3 is 23.9 Å². The molecule has 0 amide bonds. The van der Waals surface area contributed by atoms with Crippen molar-refractivity contribution in [1.82, 2.24) is 19.5 Å². The Morgan fingerprint density at radius 2 is 2.00 bits per heavy atom. The zero-order valence-electron chi connectivity index (χ0n) is 14.8. The number of carbonyl (C=O) groups excluding carboxylic acids is 1. The zero-order chi connectivity index (χ0) is 20.0. The van der Waals surface area contributed by atoms with Gasteiger partial charge in [0.15, 0.2) is 29.6 Å². The lowest BCUT2D eigenvalue weighted by Gasteiger charge is -2.18. The number of imidazole rings is 1. The average molecular weight is 414 g/mol. The highest BCUT2D eigenvalue weighted by atomic mass is 32.1. The minimum Gasteiger partial charge on any atom is -0.459 e. The molecule has 4 atom stereocenters. The number of carbonyl (C=O) groups is 1. The van der Waals surface area contributed by atoms with Crippen molar-refractivity contribution in [2.75, 3.05) is 6.61 Å². The Bertz CT molecular complexity index is 1150. The van der Waals surface area contributed by atoms with Crippen molar-refractivity contribution in [3.8, 4) is 0 Å². The average Bonchev–Trinajstić information content (AvgIpc) is 3.41. The molecular weight excluding hydrogens is 400 g/mol. The quantitative estimate of drug-likeness (QED) is 0.492. The number of H-pyrrole nitrogens is 1. The van der Waals surface area contributed by atoms with Crippen molar-refractivity contribution in [1.29, 1.82) is 0 Å². The maximum absolute atomic E-state index is 12.2. The van der Waals surface area contributed by atoms with E-state index in [9.17, 15) is 9.59 Å². The predicted octanol–water partition coefficient (Wildman–Crippen LogP) is 0.943. The third-order valence-electron chi connectivity index (χ3n) is 4.78. The molecule has 29 heavy (non-hydrogen) atoms. The number of benzene rings is 1. The number of aromatic amines is 1. The summed E-state index contributed by atoms with van der Waals surface area (Å²) in [4.78, 5) is 34.9. The van der Waals surface area contributed by atoms with Gasteiger partial charge in [0.25, 0.3) is 5.56 Å². The highest BCUT2D eigenvalue weighted by Crippen LogP contribution is 2.39. The predicted molar refractivity (Wildman–Crippen MR) is 101 cm³/mol. The van der Waals surface area contributed by atoms with Crippen LogP contribution in [0.5, 0.6) is 0 Å². The number of ether oxygens (including phenoxy) is 4. The summed E-state index contributed by atoms with van der Waals surface area (Å²) in [7, 11) is 0. The molecule has 2 aliphatic heterocycles. The molecule has 0 bridgehead atoms. The molecule has 2 aliphatic rings. The molecule has 0 radical (unpaired) electrons. The molecule has 0 saturated carbocycles. The molecule has 2 fully saturated rings. The molecule has 0 aliphatic carbocycles. The van der Waals surface area contributed by atoms with E-state index in [2.05, 4.69) is 15.0 Å². The van der Waals surface area contributed by atoms with Crippen LogP contribution in [0.3, 0.4) is 0 Å². The molecule has 3 aromatic rings. The van der Waals surface area contributed by atoms with E-state index < -0.39 is 30.5 Å². The number of rotatable bonds is 4. The fraction of sp³-hybridized carbons (Fsp3) is 0.278. The van der Waals surface area contributed by atoms with Crippen molar-refractivity contribution in [2.45, 2.75) is 24.5 Å². The van der Waals surface area contributed by atoms with Gasteiger partial charge in [-0.05, 0) is 12.1 Å². The summed E-state index contributed by atoms with van der Waals surface area (Å²) in [6.07, 6.45) is 0.220. The maximum Gasteiger partial charge on any atom is 0.353 e. The smallest absolute Gasteiger partial charge is 0.353 e. The Labute approximate surface area is 168 Å². The molecule has 0 spiro atoms. The van der Waals surface area contributed by atoms with Crippen LogP contribution in [0.4, 0.5) is 0 Å². The number of nitrogens with one attached hydrogen (secondary N) is 1. The summed E-state index contributed by atoms with van der Waals surface area (Å²) >= 11 is 5.03. The first-order chi connectivity index (χ1) is 14.1. The van der Waals surface area contributed by atoms with Crippen molar-refractivity contribution < 1.29 is 23.7 Å². The summed E-state index contributed by atoms with van der Waals surface area (Å²) in [6.45, 7) is -0.0575. The normalized spacial score (nSPS) is 25.4. The van der Waals surface area contributed by atoms with Gasteiger partial charge in [-0.25, -0.2) is 14.8 Å². The third kappa shape index (κ3) is 3.04. The zero-order valence-corrected chi connectivity index (χ0v) is 15.6. The van der Waals surface area contributed by atoms with E-state index in [4.69, 9.17) is 31.2 Å². The standard InChI is InChI=1S/C18H14N4O6S/c23-15-11-14(19-7-20-15)22(8-21-11)16-13-12(27-18(29)28-13)10(26-16)6-25-17(24)9-4-2-1-3-5-9/h1-5,7-8,10,12-13,16H,6H2,(H,19,20,23)/t10-,12+,13+,16-/m1/s1. The van der Waals surface area contributed by atoms with Crippen LogP contribution in [-0.2, 0) is 18.9 Å². The number of hydrogen-bond acceptors (Lipinski definition) is 9. The van der Waals surface area contributed by atoms with Gasteiger partial charge in [-0.1, -0.05) is 18.2 Å². The SMILES string of the molecule is O=C(OC[C@H]1O[C@@H](n2cnc3c(=O)[nH]cnc32)[C@H]2OC(=S)O[C@H]21)c1ccccc1. The summed E-state index contributed by atoms with van der Waals surface area (Å²) < 4.78 is 24.2. The van der Waals surface area contributed by atoms with E-state index in [1.54, 1.807) is 28.8 Å². The summed E-state index contributed by atoms with van der Waals surface area (Å²) in [5.74, 6) is -0.475. The largest absolute Gasteiger partial charge is 0.459 e. The van der Waals surface area contributed by atoms with Crippen LogP contribution in [0.25, 0.3) is 11.2 Å². The molecule has 5 rings (SSSR count). The number of esters is 1. The number of aromatic nitrogens is 4. The monoisotopic (exact) mass is 414 g/mol. The molecule has 148 valence electrons. The van der Waals surface area contributed by atoms with E-state index in [1.807, 2.05) is 6.07 Å². The first-order valence-corrected chi connectivity index (χ1v) is 9.18. The number of nitrogens with zero attached hydrogens (tertiary/aromatic N) is 3. The molecule has 2 saturated heterocycles. The second-order valence-electron chi connectivity index (χ2n) is 6.50. The molecule has 11 heteroatoms. The van der Waals surface area contributed by atoms with Crippen molar-refractivity contribution in [2.24, 2.45) is 0 Å². The highest BCUT2D eigenvalue weighted by molar-refractivity contribution is 7.79. The van der Waals surface area contributed by atoms with E-state index in [0.717, 1.165) is 0 Å². The van der Waals surface area contributed by atoms with E-state index in [-0.39, 0.29) is 22.9 Å². The Balaban J connectivity index is 1.39. The first-order valence-electron chi connectivity index (χ1n) is 8.77. The number of hydrogen-bond donors (Lipinski definition) is 1. The van der Waals surface area contributed by atoms with Gasteiger partial charge in [0.2, 0.25) is 0 Å². The Morgan fingerprint density at radius 1 is 1.21 bits per heavy atom. The van der Waals surface area contributed by atoms with Gasteiger partial charge in [-0.3, -0.25) is 9.36 Å². The maximum atomic E-state index is 12.2. The van der Waals surface area contributed by atoms with Gasteiger partial charge in [-0.2, -0.15) is 0 Å². The Kier molecular flexibility index (Phi) is 4.25. The lowest BCUT2D eigenvalue weighted by atomic mass is 10.1. The van der Waals surface area contributed by atoms with Crippen LogP contribution in [0.15, 0.2) is 47.8 Å². The second-order valence-corrected chi connectivity index (χ2v) is 6.83. The van der Waals surface area contributed by atoms with Gasteiger partial charge in [0.1, 0.15) is 12.7 Å². The Morgan fingerprint density at radius 3 is 2.83 bits per heavy atom. The van der Waals surface area contributed by atoms with Crippen LogP contribution < -0.4 is 5.56 Å². The van der Waals surface area contributed by atoms with Crippen molar-refractivity contribution in [3.05, 3.63) is 58.9 Å². The van der Waals surface area contributed by atoms with Crippen molar-refractivity contribution >= 4 is 34.6 Å². The molecule has 4 heterocycles. The number of fused-ring (bicyclic) bond motifs is 2.